The lowest BCUT2D eigenvalue weighted by Crippen LogP contribution is -2.46. The predicted molar refractivity (Wildman–Crippen MR) is 129 cm³/mol. The summed E-state index contributed by atoms with van der Waals surface area (Å²) in [4.78, 5) is 26.1. The van der Waals surface area contributed by atoms with Crippen molar-refractivity contribution in [1.29, 1.82) is 0 Å². The fourth-order valence-electron chi connectivity index (χ4n) is 3.75. The van der Waals surface area contributed by atoms with Gasteiger partial charge in [-0.3, -0.25) is 4.79 Å². The fourth-order valence-corrected chi connectivity index (χ4v) is 3.75. The normalized spacial score (nSPS) is 17.9. The molecule has 0 fully saturated rings. The molecule has 0 bridgehead atoms. The molecule has 186 valence electrons. The quantitative estimate of drug-likeness (QED) is 0.360. The summed E-state index contributed by atoms with van der Waals surface area (Å²) in [5.74, 6) is -3.90. The third-order valence-corrected chi connectivity index (χ3v) is 5.49. The Morgan fingerprint density at radius 1 is 0.917 bits per heavy atom. The minimum Gasteiger partial charge on any atom is -0.504 e. The van der Waals surface area contributed by atoms with Gasteiger partial charge in [0, 0.05) is 20.3 Å². The van der Waals surface area contributed by atoms with Gasteiger partial charge < -0.3 is 39.1 Å². The number of aromatic hydroxyl groups is 4. The second-order valence-electron chi connectivity index (χ2n) is 7.84. The maximum atomic E-state index is 13.1. The van der Waals surface area contributed by atoms with Crippen molar-refractivity contribution in [3.8, 4) is 28.7 Å². The van der Waals surface area contributed by atoms with Gasteiger partial charge in [-0.05, 0) is 47.5 Å². The van der Waals surface area contributed by atoms with Crippen LogP contribution in [0.2, 0.25) is 0 Å². The van der Waals surface area contributed by atoms with Gasteiger partial charge in [-0.1, -0.05) is 18.2 Å². The Labute approximate surface area is 204 Å². The number of benzene rings is 2. The molecule has 2 aromatic carbocycles. The average Bonchev–Trinajstić information content (AvgIpc) is 3.17. The van der Waals surface area contributed by atoms with Crippen LogP contribution in [0.15, 0.2) is 51.7 Å². The second-order valence-corrected chi connectivity index (χ2v) is 7.84. The van der Waals surface area contributed by atoms with Crippen molar-refractivity contribution < 1.29 is 43.8 Å². The lowest BCUT2D eigenvalue weighted by atomic mass is 9.95. The van der Waals surface area contributed by atoms with E-state index >= 15 is 0 Å². The van der Waals surface area contributed by atoms with E-state index in [0.29, 0.717) is 11.1 Å². The van der Waals surface area contributed by atoms with Crippen molar-refractivity contribution >= 4 is 29.6 Å². The van der Waals surface area contributed by atoms with E-state index in [-0.39, 0.29) is 46.5 Å². The van der Waals surface area contributed by atoms with Crippen LogP contribution in [-0.2, 0) is 14.3 Å². The van der Waals surface area contributed by atoms with E-state index in [2.05, 4.69) is 0 Å². The number of carbonyl (C=O) groups is 1. The first-order valence-corrected chi connectivity index (χ1v) is 10.6. The third-order valence-electron chi connectivity index (χ3n) is 5.49. The molecule has 0 saturated heterocycles. The highest BCUT2D eigenvalue weighted by Crippen LogP contribution is 2.45. The van der Waals surface area contributed by atoms with Crippen LogP contribution in [0.25, 0.3) is 23.8 Å². The zero-order valence-electron chi connectivity index (χ0n) is 19.2. The number of phenols is 4. The van der Waals surface area contributed by atoms with Crippen LogP contribution in [0.4, 0.5) is 0 Å². The number of fused-ring (bicyclic) bond motifs is 1. The monoisotopic (exact) mass is 494 g/mol. The van der Waals surface area contributed by atoms with Crippen molar-refractivity contribution in [1.82, 2.24) is 0 Å². The largest absolute Gasteiger partial charge is 0.504 e. The second kappa shape index (κ2) is 9.61. The van der Waals surface area contributed by atoms with Gasteiger partial charge in [0.25, 0.3) is 0 Å². The molecule has 10 nitrogen and oxygen atoms in total. The van der Waals surface area contributed by atoms with Gasteiger partial charge in [0.1, 0.15) is 23.7 Å². The van der Waals surface area contributed by atoms with Crippen molar-refractivity contribution in [2.45, 2.75) is 5.79 Å². The summed E-state index contributed by atoms with van der Waals surface area (Å²) in [6.07, 6.45) is 4.39. The van der Waals surface area contributed by atoms with Crippen LogP contribution in [0.5, 0.6) is 28.7 Å². The molecule has 4 N–H and O–H groups in total. The van der Waals surface area contributed by atoms with Gasteiger partial charge in [-0.25, -0.2) is 4.79 Å². The first-order chi connectivity index (χ1) is 17.2. The molecule has 1 unspecified atom stereocenters. The highest BCUT2D eigenvalue weighted by Gasteiger charge is 2.52. The third kappa shape index (κ3) is 4.42. The molecule has 0 amide bonds. The van der Waals surface area contributed by atoms with Crippen molar-refractivity contribution in [2.24, 2.45) is 0 Å². The van der Waals surface area contributed by atoms with Crippen LogP contribution in [0.3, 0.4) is 0 Å². The van der Waals surface area contributed by atoms with E-state index < -0.39 is 22.9 Å². The molecule has 0 radical (unpaired) electrons. The molecular formula is C26H22O10. The number of ether oxygens (including phenoxy) is 3. The molecule has 0 aliphatic carbocycles. The molecule has 10 heteroatoms. The van der Waals surface area contributed by atoms with Crippen molar-refractivity contribution in [3.63, 3.8) is 0 Å². The van der Waals surface area contributed by atoms with Gasteiger partial charge in [0.05, 0.1) is 5.57 Å². The van der Waals surface area contributed by atoms with E-state index in [1.54, 1.807) is 6.07 Å². The molecular weight excluding hydrogens is 472 g/mol. The van der Waals surface area contributed by atoms with Crippen LogP contribution in [-0.4, -0.2) is 52.8 Å². The van der Waals surface area contributed by atoms with Gasteiger partial charge in [-0.15, -0.1) is 0 Å². The Bertz CT molecular complexity index is 1450. The van der Waals surface area contributed by atoms with Crippen LogP contribution in [0, 0.1) is 0 Å². The standard InChI is InChI=1S/C26H22O10/c1-33-13-23(31)26(34-2)17(9-15-5-8-19(28)21(30)11-15)24-22(36-26)12-16(35-25(24)32)6-3-14-4-7-18(27)20(29)10-14/h3-12,27-30H,13H2,1-2H3. The lowest BCUT2D eigenvalue weighted by Gasteiger charge is -2.26. The Morgan fingerprint density at radius 2 is 1.56 bits per heavy atom. The molecule has 0 saturated carbocycles. The van der Waals surface area contributed by atoms with E-state index in [1.807, 2.05) is 0 Å². The molecule has 1 aliphatic rings. The zero-order valence-corrected chi connectivity index (χ0v) is 19.2. The summed E-state index contributed by atoms with van der Waals surface area (Å²) in [6, 6.07) is 9.53. The van der Waals surface area contributed by atoms with Crippen LogP contribution < -0.4 is 10.4 Å². The summed E-state index contributed by atoms with van der Waals surface area (Å²) >= 11 is 0. The van der Waals surface area contributed by atoms with Crippen molar-refractivity contribution in [2.75, 3.05) is 20.8 Å². The Morgan fingerprint density at radius 3 is 2.17 bits per heavy atom. The minimum atomic E-state index is -2.04. The van der Waals surface area contributed by atoms with Crippen LogP contribution in [0.1, 0.15) is 22.5 Å². The Kier molecular flexibility index (Phi) is 6.56. The number of hydrogen-bond donors (Lipinski definition) is 4. The van der Waals surface area contributed by atoms with Gasteiger partial charge in [0.15, 0.2) is 23.0 Å². The average molecular weight is 494 g/mol. The van der Waals surface area contributed by atoms with Gasteiger partial charge in [-0.2, -0.15) is 0 Å². The van der Waals surface area contributed by atoms with Gasteiger partial charge >= 0.3 is 11.4 Å². The summed E-state index contributed by atoms with van der Waals surface area (Å²) < 4.78 is 21.8. The van der Waals surface area contributed by atoms with E-state index in [9.17, 15) is 30.0 Å². The van der Waals surface area contributed by atoms with Crippen molar-refractivity contribution in [3.05, 3.63) is 75.3 Å². The number of ketones is 1. The number of methoxy groups -OCH3 is 2. The molecule has 1 aromatic heterocycles. The minimum absolute atomic E-state index is 0.0139. The van der Waals surface area contributed by atoms with Crippen LogP contribution >= 0.6 is 0 Å². The molecule has 1 aliphatic heterocycles. The summed E-state index contributed by atoms with van der Waals surface area (Å²) in [5.41, 5.74) is 0.00905. The Balaban J connectivity index is 1.83. The molecule has 36 heavy (non-hydrogen) atoms. The zero-order chi connectivity index (χ0) is 26.0. The summed E-state index contributed by atoms with van der Waals surface area (Å²) in [7, 11) is 2.56. The number of carbonyl (C=O) groups excluding carboxylic acids is 1. The first-order valence-electron chi connectivity index (χ1n) is 10.6. The maximum Gasteiger partial charge on any atom is 0.347 e. The Hall–Kier alpha value is -4.54. The summed E-state index contributed by atoms with van der Waals surface area (Å²) in [6.45, 7) is -0.386. The molecule has 2 heterocycles. The summed E-state index contributed by atoms with van der Waals surface area (Å²) in [5, 5.41) is 38.6. The smallest absolute Gasteiger partial charge is 0.347 e. The molecule has 1 atom stereocenters. The molecule has 3 aromatic rings. The number of rotatable bonds is 7. The first kappa shape index (κ1) is 24.6. The van der Waals surface area contributed by atoms with Gasteiger partial charge in [0.2, 0.25) is 5.78 Å². The van der Waals surface area contributed by atoms with E-state index in [4.69, 9.17) is 18.6 Å². The number of hydrogen-bond acceptors (Lipinski definition) is 10. The topological polar surface area (TPSA) is 156 Å². The number of Topliss-reactive ketones (excluding diaryl/α,β-unsaturated/α-hetero) is 1. The lowest BCUT2D eigenvalue weighted by molar-refractivity contribution is -0.164. The highest BCUT2D eigenvalue weighted by molar-refractivity contribution is 6.07. The van der Waals surface area contributed by atoms with E-state index in [1.165, 1.54) is 68.8 Å². The fraction of sp³-hybridized carbons (Fsp3) is 0.154. The maximum absolute atomic E-state index is 13.1. The molecule has 0 spiro atoms. The SMILES string of the molecule is COCC(=O)C1(OC)Oc2cc(C=Cc3ccc(O)c(O)c3)oc(=O)c2C1=Cc1ccc(O)c(O)c1. The van der Waals surface area contributed by atoms with E-state index in [0.717, 1.165) is 0 Å². The number of phenolic OH excluding ortho intramolecular Hbond substituents is 4. The highest BCUT2D eigenvalue weighted by atomic mass is 16.7. The predicted octanol–water partition coefficient (Wildman–Crippen LogP) is 3.12. The molecule has 4 rings (SSSR count).